The van der Waals surface area contributed by atoms with E-state index in [9.17, 15) is 15.0 Å². The van der Waals surface area contributed by atoms with Crippen LogP contribution < -0.4 is 15.4 Å². The minimum absolute atomic E-state index is 0.389. The molecule has 2 fully saturated rings. The van der Waals surface area contributed by atoms with Crippen molar-refractivity contribution in [3.8, 4) is 5.75 Å². The third-order valence-corrected chi connectivity index (χ3v) is 9.42. The lowest BCUT2D eigenvalue weighted by Gasteiger charge is -2.26. The first-order chi connectivity index (χ1) is 24.3. The molecule has 264 valence electrons. The number of aliphatic hydroxyl groups is 2. The van der Waals surface area contributed by atoms with Crippen LogP contribution in [0.15, 0.2) is 49.2 Å². The van der Waals surface area contributed by atoms with Crippen molar-refractivity contribution in [2.24, 2.45) is 0 Å². The predicted molar refractivity (Wildman–Crippen MR) is 184 cm³/mol. The molecule has 0 saturated carbocycles. The molecule has 0 bridgehead atoms. The molecule has 2 saturated heterocycles. The van der Waals surface area contributed by atoms with Gasteiger partial charge in [-0.3, -0.25) is 14.3 Å². The van der Waals surface area contributed by atoms with Crippen LogP contribution in [-0.2, 0) is 27.3 Å². The number of aryl methyl sites for hydroxylation is 3. The number of pyridine rings is 1. The van der Waals surface area contributed by atoms with Gasteiger partial charge in [-0.15, -0.1) is 0 Å². The molecule has 2 aliphatic heterocycles. The first-order valence-corrected chi connectivity index (χ1v) is 16.9. The summed E-state index contributed by atoms with van der Waals surface area (Å²) in [5, 5.41) is 27.8. The van der Waals surface area contributed by atoms with Crippen LogP contribution in [-0.4, -0.2) is 114 Å². The highest BCUT2D eigenvalue weighted by Crippen LogP contribution is 2.32. The van der Waals surface area contributed by atoms with Gasteiger partial charge in [0, 0.05) is 51.0 Å². The van der Waals surface area contributed by atoms with Crippen molar-refractivity contribution < 1.29 is 29.2 Å². The molecule has 4 unspecified atom stereocenters. The van der Waals surface area contributed by atoms with E-state index in [4.69, 9.17) is 19.2 Å². The normalized spacial score (nSPS) is 21.2. The van der Waals surface area contributed by atoms with Crippen molar-refractivity contribution in [3.05, 3.63) is 77.3 Å². The Morgan fingerprint density at radius 1 is 1.04 bits per heavy atom. The van der Waals surface area contributed by atoms with E-state index in [0.717, 1.165) is 35.7 Å². The van der Waals surface area contributed by atoms with Crippen LogP contribution in [0.5, 0.6) is 5.75 Å². The van der Waals surface area contributed by atoms with E-state index in [1.807, 2.05) is 25.3 Å². The summed E-state index contributed by atoms with van der Waals surface area (Å²) in [4.78, 5) is 33.2. The SMILES string of the molecule is Cc1ccc(C)c(COc2cccn3c(CCNc4ncnc5c4ncn5C4OC(C(=O)NCCN5CCOCC5)C(O)C4O)c(C)nc23)c1. The lowest BCUT2D eigenvalue weighted by atomic mass is 10.1. The summed E-state index contributed by atoms with van der Waals surface area (Å²) in [5.41, 5.74) is 7.07. The number of hydrogen-bond acceptors (Lipinski definition) is 12. The second-order valence-corrected chi connectivity index (χ2v) is 12.8. The molecule has 4 atom stereocenters. The molecule has 15 nitrogen and oxygen atoms in total. The molecular formula is C35H43N9O6. The van der Waals surface area contributed by atoms with Gasteiger partial charge in [0.2, 0.25) is 0 Å². The van der Waals surface area contributed by atoms with Gasteiger partial charge in [0.25, 0.3) is 5.91 Å². The number of aromatic nitrogens is 6. The summed E-state index contributed by atoms with van der Waals surface area (Å²) in [6.07, 6.45) is 0.376. The summed E-state index contributed by atoms with van der Waals surface area (Å²) >= 11 is 0. The van der Waals surface area contributed by atoms with Gasteiger partial charge < -0.3 is 39.5 Å². The Morgan fingerprint density at radius 3 is 2.72 bits per heavy atom. The maximum Gasteiger partial charge on any atom is 0.252 e. The van der Waals surface area contributed by atoms with E-state index in [0.29, 0.717) is 68.6 Å². The standard InChI is InChI=1S/C35H43N9O6/c1-21-6-7-22(2)24(17-21)18-49-26-5-4-11-43-25(23(3)41-32(26)43)8-9-36-31-27-33(39-19-38-31)44(20-40-27)35-29(46)28(45)30(50-35)34(47)37-10-12-42-13-15-48-16-14-42/h4-7,11,17,19-20,28-30,35,45-46H,8-10,12-16,18H2,1-3H3,(H,37,47)(H,36,38,39). The molecule has 0 aliphatic carbocycles. The average Bonchev–Trinajstić information content (AvgIpc) is 3.79. The van der Waals surface area contributed by atoms with E-state index < -0.39 is 30.4 Å². The van der Waals surface area contributed by atoms with Gasteiger partial charge in [-0.25, -0.2) is 19.9 Å². The van der Waals surface area contributed by atoms with Gasteiger partial charge in [0.05, 0.1) is 25.2 Å². The van der Waals surface area contributed by atoms with Crippen LogP contribution in [0, 0.1) is 20.8 Å². The topological polar surface area (TPSA) is 173 Å². The summed E-state index contributed by atoms with van der Waals surface area (Å²) in [6.45, 7) is 11.1. The van der Waals surface area contributed by atoms with Gasteiger partial charge in [0.15, 0.2) is 40.7 Å². The van der Waals surface area contributed by atoms with Gasteiger partial charge in [0.1, 0.15) is 25.1 Å². The Labute approximate surface area is 289 Å². The summed E-state index contributed by atoms with van der Waals surface area (Å²) < 4.78 is 21.1. The van der Waals surface area contributed by atoms with Crippen molar-refractivity contribution in [2.75, 3.05) is 51.3 Å². The zero-order valence-electron chi connectivity index (χ0n) is 28.5. The zero-order valence-corrected chi connectivity index (χ0v) is 28.5. The van der Waals surface area contributed by atoms with E-state index in [2.05, 4.69) is 66.9 Å². The van der Waals surface area contributed by atoms with Crippen molar-refractivity contribution in [1.29, 1.82) is 0 Å². The van der Waals surface area contributed by atoms with Gasteiger partial charge in [-0.1, -0.05) is 23.8 Å². The quantitative estimate of drug-likeness (QED) is 0.150. The zero-order chi connectivity index (χ0) is 34.8. The number of morpholine rings is 1. The van der Waals surface area contributed by atoms with Crippen LogP contribution in [0.1, 0.15) is 34.3 Å². The largest absolute Gasteiger partial charge is 0.485 e. The van der Waals surface area contributed by atoms with Crippen molar-refractivity contribution in [3.63, 3.8) is 0 Å². The van der Waals surface area contributed by atoms with Crippen LogP contribution in [0.3, 0.4) is 0 Å². The van der Waals surface area contributed by atoms with Crippen LogP contribution >= 0.6 is 0 Å². The molecule has 0 spiro atoms. The number of anilines is 1. The third kappa shape index (κ3) is 6.87. The number of nitrogens with one attached hydrogen (secondary N) is 2. The number of nitrogens with zero attached hydrogens (tertiary/aromatic N) is 7. The first kappa shape index (κ1) is 33.8. The fraction of sp³-hybridized carbons (Fsp3) is 0.457. The molecule has 5 aromatic rings. The van der Waals surface area contributed by atoms with Gasteiger partial charge >= 0.3 is 0 Å². The number of benzene rings is 1. The van der Waals surface area contributed by atoms with Gasteiger partial charge in [-0.05, 0) is 44.0 Å². The number of hydrogen-bond donors (Lipinski definition) is 4. The number of imidazole rings is 2. The van der Waals surface area contributed by atoms with Crippen molar-refractivity contribution >= 4 is 28.5 Å². The Hall–Kier alpha value is -4.67. The molecular weight excluding hydrogens is 642 g/mol. The van der Waals surface area contributed by atoms with Crippen LogP contribution in [0.2, 0.25) is 0 Å². The van der Waals surface area contributed by atoms with E-state index >= 15 is 0 Å². The van der Waals surface area contributed by atoms with Crippen molar-refractivity contribution in [2.45, 2.75) is 58.3 Å². The van der Waals surface area contributed by atoms with Crippen LogP contribution in [0.25, 0.3) is 16.8 Å². The Bertz CT molecular complexity index is 1970. The van der Waals surface area contributed by atoms with E-state index in [1.165, 1.54) is 28.3 Å². The number of carbonyl (C=O) groups excluding carboxylic acids is 1. The minimum Gasteiger partial charge on any atom is -0.485 e. The maximum absolute atomic E-state index is 12.9. The second kappa shape index (κ2) is 14.7. The number of carbonyl (C=O) groups is 1. The smallest absolute Gasteiger partial charge is 0.252 e. The Morgan fingerprint density at radius 2 is 1.88 bits per heavy atom. The Balaban J connectivity index is 0.996. The molecule has 1 aromatic carbocycles. The second-order valence-electron chi connectivity index (χ2n) is 12.8. The van der Waals surface area contributed by atoms with Gasteiger partial charge in [-0.2, -0.15) is 0 Å². The molecule has 4 N–H and O–H groups in total. The summed E-state index contributed by atoms with van der Waals surface area (Å²) in [5.74, 6) is 0.729. The Kier molecular flexibility index (Phi) is 9.92. The highest BCUT2D eigenvalue weighted by atomic mass is 16.6. The number of rotatable bonds is 12. The lowest BCUT2D eigenvalue weighted by Crippen LogP contribution is -2.46. The highest BCUT2D eigenvalue weighted by molar-refractivity contribution is 5.83. The first-order valence-electron chi connectivity index (χ1n) is 16.9. The number of aliphatic hydroxyl groups excluding tert-OH is 2. The minimum atomic E-state index is -1.42. The van der Waals surface area contributed by atoms with Crippen molar-refractivity contribution in [1.82, 2.24) is 39.1 Å². The average molecular weight is 686 g/mol. The molecule has 50 heavy (non-hydrogen) atoms. The number of amides is 1. The lowest BCUT2D eigenvalue weighted by molar-refractivity contribution is -0.137. The summed E-state index contributed by atoms with van der Waals surface area (Å²) in [6, 6.07) is 10.3. The molecule has 2 aliphatic rings. The number of fused-ring (bicyclic) bond motifs is 2. The fourth-order valence-corrected chi connectivity index (χ4v) is 6.57. The molecule has 15 heteroatoms. The molecule has 1 amide bonds. The number of ether oxygens (including phenoxy) is 3. The molecule has 4 aromatic heterocycles. The highest BCUT2D eigenvalue weighted by Gasteiger charge is 2.47. The third-order valence-electron chi connectivity index (χ3n) is 9.42. The molecule has 7 rings (SSSR count). The molecule has 0 radical (unpaired) electrons. The molecule has 6 heterocycles. The van der Waals surface area contributed by atoms with E-state index in [-0.39, 0.29) is 0 Å². The predicted octanol–water partition coefficient (Wildman–Crippen LogP) is 1.70. The summed E-state index contributed by atoms with van der Waals surface area (Å²) in [7, 11) is 0. The fourth-order valence-electron chi connectivity index (χ4n) is 6.57. The monoisotopic (exact) mass is 685 g/mol. The van der Waals surface area contributed by atoms with E-state index in [1.54, 1.807) is 0 Å². The maximum atomic E-state index is 12.9. The van der Waals surface area contributed by atoms with Crippen LogP contribution in [0.4, 0.5) is 5.82 Å².